The highest BCUT2D eigenvalue weighted by atomic mass is 35.5. The van der Waals surface area contributed by atoms with Crippen molar-refractivity contribution < 1.29 is 4.74 Å². The molecule has 0 saturated carbocycles. The van der Waals surface area contributed by atoms with Crippen molar-refractivity contribution in [1.29, 1.82) is 0 Å². The molecule has 1 N–H and O–H groups in total. The third-order valence-electron chi connectivity index (χ3n) is 3.84. The Morgan fingerprint density at radius 2 is 2.14 bits per heavy atom. The van der Waals surface area contributed by atoms with Crippen molar-refractivity contribution in [1.82, 2.24) is 15.3 Å². The Labute approximate surface area is 127 Å². The summed E-state index contributed by atoms with van der Waals surface area (Å²) in [5.74, 6) is 1.51. The number of aromatic nitrogens is 2. The summed E-state index contributed by atoms with van der Waals surface area (Å²) in [6.45, 7) is 3.01. The number of fused-ring (bicyclic) bond motifs is 2. The molecule has 21 heavy (non-hydrogen) atoms. The molecule has 4 rings (SSSR count). The maximum absolute atomic E-state index is 6.36. The SMILES string of the molecule is Clc1nc(N2CCOc3ccccc32)nc2c1CCNC2. The molecule has 1 aromatic carbocycles. The number of anilines is 2. The minimum atomic E-state index is 0.570. The Balaban J connectivity index is 1.79. The maximum atomic E-state index is 6.36. The molecule has 2 aromatic rings. The van der Waals surface area contributed by atoms with Gasteiger partial charge in [0.05, 0.1) is 17.9 Å². The highest BCUT2D eigenvalue weighted by Crippen LogP contribution is 2.35. The number of halogens is 1. The number of benzene rings is 1. The Hall–Kier alpha value is -1.85. The molecule has 0 unspecified atom stereocenters. The fourth-order valence-corrected chi connectivity index (χ4v) is 3.08. The van der Waals surface area contributed by atoms with Crippen molar-refractivity contribution in [3.05, 3.63) is 40.7 Å². The average molecular weight is 303 g/mol. The van der Waals surface area contributed by atoms with Gasteiger partial charge in [-0.3, -0.25) is 0 Å². The van der Waals surface area contributed by atoms with Crippen LogP contribution in [0.3, 0.4) is 0 Å². The number of hydrogen-bond donors (Lipinski definition) is 1. The summed E-state index contributed by atoms with van der Waals surface area (Å²) in [5.41, 5.74) is 3.06. The summed E-state index contributed by atoms with van der Waals surface area (Å²) in [4.78, 5) is 11.3. The zero-order valence-corrected chi connectivity index (χ0v) is 12.2. The van der Waals surface area contributed by atoms with Crippen molar-refractivity contribution in [2.24, 2.45) is 0 Å². The molecule has 1 aromatic heterocycles. The normalized spacial score (nSPS) is 16.9. The summed E-state index contributed by atoms with van der Waals surface area (Å²) in [6, 6.07) is 7.93. The van der Waals surface area contributed by atoms with Crippen molar-refractivity contribution in [2.45, 2.75) is 13.0 Å². The Morgan fingerprint density at radius 3 is 3.10 bits per heavy atom. The molecule has 2 aliphatic rings. The van der Waals surface area contributed by atoms with E-state index < -0.39 is 0 Å². The summed E-state index contributed by atoms with van der Waals surface area (Å²) in [5, 5.41) is 3.90. The lowest BCUT2D eigenvalue weighted by Gasteiger charge is -2.30. The zero-order chi connectivity index (χ0) is 14.2. The smallest absolute Gasteiger partial charge is 0.231 e. The number of nitrogens with zero attached hydrogens (tertiary/aromatic N) is 3. The summed E-state index contributed by atoms with van der Waals surface area (Å²) >= 11 is 6.36. The van der Waals surface area contributed by atoms with E-state index in [0.29, 0.717) is 17.7 Å². The first-order chi connectivity index (χ1) is 10.3. The van der Waals surface area contributed by atoms with Crippen LogP contribution in [-0.2, 0) is 13.0 Å². The second kappa shape index (κ2) is 5.16. The number of para-hydroxylation sites is 2. The molecule has 6 heteroatoms. The molecular weight excluding hydrogens is 288 g/mol. The van der Waals surface area contributed by atoms with Gasteiger partial charge >= 0.3 is 0 Å². The van der Waals surface area contributed by atoms with Crippen molar-refractivity contribution in [2.75, 3.05) is 24.6 Å². The monoisotopic (exact) mass is 302 g/mol. The first-order valence-electron chi connectivity index (χ1n) is 7.08. The van der Waals surface area contributed by atoms with Gasteiger partial charge in [-0.2, -0.15) is 0 Å². The van der Waals surface area contributed by atoms with Gasteiger partial charge in [0.15, 0.2) is 0 Å². The lowest BCUT2D eigenvalue weighted by Crippen LogP contribution is -2.32. The predicted octanol–water partition coefficient (Wildman–Crippen LogP) is 2.31. The van der Waals surface area contributed by atoms with E-state index in [9.17, 15) is 0 Å². The van der Waals surface area contributed by atoms with Crippen LogP contribution in [0.5, 0.6) is 5.75 Å². The van der Waals surface area contributed by atoms with Crippen LogP contribution in [0.2, 0.25) is 5.15 Å². The number of rotatable bonds is 1. The fraction of sp³-hybridized carbons (Fsp3) is 0.333. The van der Waals surface area contributed by atoms with Gasteiger partial charge in [0.1, 0.15) is 17.5 Å². The van der Waals surface area contributed by atoms with E-state index in [1.54, 1.807) is 0 Å². The first-order valence-corrected chi connectivity index (χ1v) is 7.46. The van der Waals surface area contributed by atoms with E-state index in [4.69, 9.17) is 21.3 Å². The molecule has 3 heterocycles. The van der Waals surface area contributed by atoms with Gasteiger partial charge in [-0.15, -0.1) is 0 Å². The Bertz CT molecular complexity index is 691. The predicted molar refractivity (Wildman–Crippen MR) is 81.4 cm³/mol. The van der Waals surface area contributed by atoms with Gasteiger partial charge in [0.25, 0.3) is 0 Å². The fourth-order valence-electron chi connectivity index (χ4n) is 2.80. The average Bonchev–Trinajstić information content (AvgIpc) is 2.54. The van der Waals surface area contributed by atoms with Crippen LogP contribution >= 0.6 is 11.6 Å². The zero-order valence-electron chi connectivity index (χ0n) is 11.5. The standard InChI is InChI=1S/C15H15ClN4O/c16-14-10-5-6-17-9-11(10)18-15(19-14)20-7-8-21-13-4-2-1-3-12(13)20/h1-4,17H,5-9H2. The highest BCUT2D eigenvalue weighted by Gasteiger charge is 2.24. The number of ether oxygens (including phenoxy) is 1. The molecule has 0 aliphatic carbocycles. The molecule has 0 spiro atoms. The molecule has 5 nitrogen and oxygen atoms in total. The van der Waals surface area contributed by atoms with E-state index in [1.165, 1.54) is 0 Å². The topological polar surface area (TPSA) is 50.3 Å². The van der Waals surface area contributed by atoms with E-state index in [2.05, 4.69) is 15.2 Å². The Morgan fingerprint density at radius 1 is 1.24 bits per heavy atom. The molecule has 0 atom stereocenters. The third kappa shape index (κ3) is 2.22. The van der Waals surface area contributed by atoms with Gasteiger partial charge in [-0.05, 0) is 25.1 Å². The maximum Gasteiger partial charge on any atom is 0.231 e. The lowest BCUT2D eigenvalue weighted by atomic mass is 10.1. The van der Waals surface area contributed by atoms with Crippen molar-refractivity contribution in [3.63, 3.8) is 0 Å². The molecule has 0 amide bonds. The van der Waals surface area contributed by atoms with Gasteiger partial charge in [-0.1, -0.05) is 23.7 Å². The minimum Gasteiger partial charge on any atom is -0.490 e. The summed E-state index contributed by atoms with van der Waals surface area (Å²) < 4.78 is 5.68. The van der Waals surface area contributed by atoms with E-state index >= 15 is 0 Å². The first kappa shape index (κ1) is 12.9. The molecule has 0 bridgehead atoms. The van der Waals surface area contributed by atoms with Crippen LogP contribution in [0.15, 0.2) is 24.3 Å². The van der Waals surface area contributed by atoms with E-state index in [-0.39, 0.29) is 0 Å². The molecule has 0 saturated heterocycles. The second-order valence-electron chi connectivity index (χ2n) is 5.13. The van der Waals surface area contributed by atoms with Crippen LogP contribution in [0.1, 0.15) is 11.3 Å². The van der Waals surface area contributed by atoms with Gasteiger partial charge in [-0.25, -0.2) is 9.97 Å². The van der Waals surface area contributed by atoms with Crippen LogP contribution in [0, 0.1) is 0 Å². The second-order valence-corrected chi connectivity index (χ2v) is 5.49. The van der Waals surface area contributed by atoms with Gasteiger partial charge in [0.2, 0.25) is 5.95 Å². The molecular formula is C15H15ClN4O. The molecule has 108 valence electrons. The highest BCUT2D eigenvalue weighted by molar-refractivity contribution is 6.30. The van der Waals surface area contributed by atoms with Crippen LogP contribution in [0.25, 0.3) is 0 Å². The van der Waals surface area contributed by atoms with E-state index in [0.717, 1.165) is 48.7 Å². The largest absolute Gasteiger partial charge is 0.490 e. The van der Waals surface area contributed by atoms with Crippen LogP contribution < -0.4 is 15.0 Å². The quantitative estimate of drug-likeness (QED) is 0.819. The van der Waals surface area contributed by atoms with Crippen molar-refractivity contribution in [3.8, 4) is 5.75 Å². The van der Waals surface area contributed by atoms with Crippen LogP contribution in [0.4, 0.5) is 11.6 Å². The lowest BCUT2D eigenvalue weighted by molar-refractivity contribution is 0.313. The molecule has 2 aliphatic heterocycles. The van der Waals surface area contributed by atoms with Gasteiger partial charge < -0.3 is 15.0 Å². The number of hydrogen-bond acceptors (Lipinski definition) is 5. The minimum absolute atomic E-state index is 0.570. The Kier molecular flexibility index (Phi) is 3.16. The number of nitrogens with one attached hydrogen (secondary N) is 1. The van der Waals surface area contributed by atoms with Crippen LogP contribution in [-0.4, -0.2) is 29.7 Å². The summed E-state index contributed by atoms with van der Waals surface area (Å²) in [6.07, 6.45) is 0.883. The molecule has 0 radical (unpaired) electrons. The third-order valence-corrected chi connectivity index (χ3v) is 4.16. The molecule has 0 fully saturated rings. The summed E-state index contributed by atoms with van der Waals surface area (Å²) in [7, 11) is 0. The van der Waals surface area contributed by atoms with Gasteiger partial charge in [0, 0.05) is 12.1 Å². The van der Waals surface area contributed by atoms with Crippen molar-refractivity contribution >= 4 is 23.2 Å². The van der Waals surface area contributed by atoms with E-state index in [1.807, 2.05) is 24.3 Å².